The van der Waals surface area contributed by atoms with E-state index in [1.165, 1.54) is 0 Å². The van der Waals surface area contributed by atoms with Crippen molar-refractivity contribution in [3.05, 3.63) is 66.8 Å². The van der Waals surface area contributed by atoms with Gasteiger partial charge in [-0.2, -0.15) is 0 Å². The third kappa shape index (κ3) is 5.42. The van der Waals surface area contributed by atoms with E-state index in [9.17, 15) is 5.11 Å². The smallest absolute Gasteiger partial charge is 0.122 e. The summed E-state index contributed by atoms with van der Waals surface area (Å²) in [5, 5.41) is 10.8. The molecule has 1 aromatic carbocycles. The minimum atomic E-state index is -0.0380. The highest BCUT2D eigenvalue weighted by atomic mass is 16.5. The maximum Gasteiger partial charge on any atom is 0.122 e. The van der Waals surface area contributed by atoms with E-state index in [2.05, 4.69) is 35.6 Å². The molecule has 2 atom stereocenters. The first kappa shape index (κ1) is 22.8. The molecule has 0 amide bonds. The molecular weight excluding hydrogens is 372 g/mol. The highest BCUT2D eigenvalue weighted by Gasteiger charge is 2.36. The van der Waals surface area contributed by atoms with Gasteiger partial charge in [0.05, 0.1) is 12.2 Å². The zero-order valence-electron chi connectivity index (χ0n) is 18.6. The summed E-state index contributed by atoms with van der Waals surface area (Å²) in [6.07, 6.45) is 10.1. The molecule has 1 fully saturated rings. The standard InChI is InChI=1S/C26H38N2O2/c1-5-8-15-27-16-11-21(12-17-27)24-18-23-22(10-9-20(4)26(23)29)25(30-24)19-28(13-6-2)14-7-3/h5-7,9-10,21,24-25,29H,1-3,8,11-19H2,4H3. The van der Waals surface area contributed by atoms with Crippen LogP contribution in [-0.4, -0.2) is 60.3 Å². The Morgan fingerprint density at radius 1 is 1.13 bits per heavy atom. The van der Waals surface area contributed by atoms with E-state index in [0.29, 0.717) is 11.7 Å². The van der Waals surface area contributed by atoms with E-state index >= 15 is 0 Å². The summed E-state index contributed by atoms with van der Waals surface area (Å²) in [4.78, 5) is 4.83. The van der Waals surface area contributed by atoms with E-state index in [4.69, 9.17) is 4.74 Å². The Labute approximate surface area is 182 Å². The molecular formula is C26H38N2O2. The third-order valence-corrected chi connectivity index (χ3v) is 6.62. The summed E-state index contributed by atoms with van der Waals surface area (Å²) < 4.78 is 6.73. The highest BCUT2D eigenvalue weighted by molar-refractivity contribution is 5.47. The quantitative estimate of drug-likeness (QED) is 0.570. The molecule has 4 nitrogen and oxygen atoms in total. The van der Waals surface area contributed by atoms with Gasteiger partial charge in [-0.3, -0.25) is 4.90 Å². The summed E-state index contributed by atoms with van der Waals surface area (Å²) in [6, 6.07) is 4.15. The lowest BCUT2D eigenvalue weighted by Crippen LogP contribution is -2.43. The Kier molecular flexibility index (Phi) is 8.32. The Bertz CT molecular complexity index is 727. The maximum atomic E-state index is 10.8. The zero-order chi connectivity index (χ0) is 21.5. The number of hydrogen-bond donors (Lipinski definition) is 1. The van der Waals surface area contributed by atoms with Crippen molar-refractivity contribution in [1.29, 1.82) is 0 Å². The SMILES string of the molecule is C=CCCN1CCC(C2Cc3c(ccc(C)c3O)C(CN(CC=C)CC=C)O2)CC1. The van der Waals surface area contributed by atoms with Crippen LogP contribution in [0.15, 0.2) is 50.1 Å². The van der Waals surface area contributed by atoms with Crippen LogP contribution in [0.2, 0.25) is 0 Å². The molecule has 0 aromatic heterocycles. The molecule has 2 aliphatic rings. The molecule has 1 N–H and O–H groups in total. The van der Waals surface area contributed by atoms with Gasteiger partial charge in [-0.1, -0.05) is 30.4 Å². The zero-order valence-corrected chi connectivity index (χ0v) is 18.6. The number of hydrogen-bond acceptors (Lipinski definition) is 4. The fourth-order valence-electron chi connectivity index (χ4n) is 4.88. The van der Waals surface area contributed by atoms with Crippen molar-refractivity contribution in [2.24, 2.45) is 5.92 Å². The van der Waals surface area contributed by atoms with Crippen LogP contribution in [0.1, 0.15) is 42.1 Å². The summed E-state index contributed by atoms with van der Waals surface area (Å²) in [7, 11) is 0. The molecule has 0 saturated carbocycles. The number of piperidine rings is 1. The molecule has 2 aliphatic heterocycles. The van der Waals surface area contributed by atoms with Gasteiger partial charge in [0, 0.05) is 38.2 Å². The van der Waals surface area contributed by atoms with Crippen molar-refractivity contribution in [3.8, 4) is 5.75 Å². The molecule has 1 aromatic rings. The van der Waals surface area contributed by atoms with E-state index < -0.39 is 0 Å². The summed E-state index contributed by atoms with van der Waals surface area (Å²) in [5.41, 5.74) is 3.17. The molecule has 0 spiro atoms. The molecule has 0 aliphatic carbocycles. The number of aromatic hydroxyl groups is 1. The average Bonchev–Trinajstić information content (AvgIpc) is 2.75. The number of nitrogens with zero attached hydrogens (tertiary/aromatic N) is 2. The number of benzene rings is 1. The fourth-order valence-corrected chi connectivity index (χ4v) is 4.88. The fraction of sp³-hybridized carbons (Fsp3) is 0.538. The lowest BCUT2D eigenvalue weighted by atomic mass is 9.83. The van der Waals surface area contributed by atoms with Crippen molar-refractivity contribution in [2.75, 3.05) is 39.3 Å². The van der Waals surface area contributed by atoms with Crippen molar-refractivity contribution in [1.82, 2.24) is 9.80 Å². The molecule has 4 heteroatoms. The van der Waals surface area contributed by atoms with Crippen molar-refractivity contribution in [2.45, 2.75) is 44.8 Å². The Morgan fingerprint density at radius 2 is 1.83 bits per heavy atom. The minimum Gasteiger partial charge on any atom is -0.507 e. The molecule has 30 heavy (non-hydrogen) atoms. The first-order chi connectivity index (χ1) is 14.6. The van der Waals surface area contributed by atoms with Crippen molar-refractivity contribution in [3.63, 3.8) is 0 Å². The summed E-state index contributed by atoms with van der Waals surface area (Å²) in [5.74, 6) is 0.987. The van der Waals surface area contributed by atoms with Gasteiger partial charge in [-0.15, -0.1) is 19.7 Å². The highest BCUT2D eigenvalue weighted by Crippen LogP contribution is 2.41. The number of rotatable bonds is 10. The van der Waals surface area contributed by atoms with Gasteiger partial charge in [0.2, 0.25) is 0 Å². The van der Waals surface area contributed by atoms with Crippen LogP contribution >= 0.6 is 0 Å². The first-order valence-electron chi connectivity index (χ1n) is 11.3. The third-order valence-electron chi connectivity index (χ3n) is 6.62. The van der Waals surface area contributed by atoms with E-state index in [1.807, 2.05) is 31.2 Å². The normalized spacial score (nSPS) is 22.6. The number of fused-ring (bicyclic) bond motifs is 1. The molecule has 2 unspecified atom stereocenters. The van der Waals surface area contributed by atoms with E-state index in [1.54, 1.807) is 0 Å². The predicted molar refractivity (Wildman–Crippen MR) is 125 cm³/mol. The topological polar surface area (TPSA) is 35.9 Å². The molecule has 0 bridgehead atoms. The second-order valence-corrected chi connectivity index (χ2v) is 8.72. The van der Waals surface area contributed by atoms with Crippen LogP contribution in [0.5, 0.6) is 5.75 Å². The average molecular weight is 411 g/mol. The van der Waals surface area contributed by atoms with Gasteiger partial charge in [0.1, 0.15) is 5.75 Å². The van der Waals surface area contributed by atoms with Crippen LogP contribution in [0.3, 0.4) is 0 Å². The number of phenolic OH excluding ortho intramolecular Hbond substituents is 1. The van der Waals surface area contributed by atoms with Gasteiger partial charge < -0.3 is 14.7 Å². The molecule has 1 saturated heterocycles. The predicted octanol–water partition coefficient (Wildman–Crippen LogP) is 4.65. The Morgan fingerprint density at radius 3 is 2.47 bits per heavy atom. The summed E-state index contributed by atoms with van der Waals surface area (Å²) in [6.45, 7) is 19.3. The van der Waals surface area contributed by atoms with Crippen molar-refractivity contribution < 1.29 is 9.84 Å². The lowest BCUT2D eigenvalue weighted by Gasteiger charge is -2.41. The lowest BCUT2D eigenvalue weighted by molar-refractivity contribution is -0.0775. The molecule has 0 radical (unpaired) electrons. The van der Waals surface area contributed by atoms with E-state index in [0.717, 1.165) is 81.6 Å². The largest absolute Gasteiger partial charge is 0.507 e. The minimum absolute atomic E-state index is 0.0380. The van der Waals surface area contributed by atoms with Crippen LogP contribution < -0.4 is 0 Å². The van der Waals surface area contributed by atoms with Gasteiger partial charge in [0.25, 0.3) is 0 Å². The number of ether oxygens (including phenoxy) is 1. The number of aryl methyl sites for hydroxylation is 1. The van der Waals surface area contributed by atoms with Gasteiger partial charge >= 0.3 is 0 Å². The van der Waals surface area contributed by atoms with Gasteiger partial charge in [0.15, 0.2) is 0 Å². The molecule has 3 rings (SSSR count). The first-order valence-corrected chi connectivity index (χ1v) is 11.3. The summed E-state index contributed by atoms with van der Waals surface area (Å²) >= 11 is 0. The van der Waals surface area contributed by atoms with E-state index in [-0.39, 0.29) is 12.2 Å². The maximum absolute atomic E-state index is 10.8. The van der Waals surface area contributed by atoms with Crippen LogP contribution in [0.25, 0.3) is 0 Å². The second kappa shape index (κ2) is 10.9. The van der Waals surface area contributed by atoms with Gasteiger partial charge in [-0.05, 0) is 56.3 Å². The molecule has 164 valence electrons. The monoisotopic (exact) mass is 410 g/mol. The van der Waals surface area contributed by atoms with Crippen LogP contribution in [0.4, 0.5) is 0 Å². The Balaban J connectivity index is 1.77. The van der Waals surface area contributed by atoms with Crippen LogP contribution in [-0.2, 0) is 11.2 Å². The van der Waals surface area contributed by atoms with Crippen LogP contribution in [0, 0.1) is 12.8 Å². The number of phenols is 1. The second-order valence-electron chi connectivity index (χ2n) is 8.72. The Hall–Kier alpha value is -1.88. The number of likely N-dealkylation sites (tertiary alicyclic amines) is 1. The van der Waals surface area contributed by atoms with Crippen molar-refractivity contribution >= 4 is 0 Å². The molecule has 2 heterocycles. The van der Waals surface area contributed by atoms with Gasteiger partial charge in [-0.25, -0.2) is 0 Å².